The Morgan fingerprint density at radius 1 is 1.29 bits per heavy atom. The molecule has 0 spiro atoms. The van der Waals surface area contributed by atoms with Gasteiger partial charge in [0.25, 0.3) is 0 Å². The van der Waals surface area contributed by atoms with E-state index in [9.17, 15) is 4.79 Å². The smallest absolute Gasteiger partial charge is 0.333 e. The highest BCUT2D eigenvalue weighted by molar-refractivity contribution is 5.88. The molecule has 2 nitrogen and oxygen atoms in total. The minimum Gasteiger partial charge on any atom is -0.463 e. The quantitative estimate of drug-likeness (QED) is 0.422. The lowest BCUT2D eigenvalue weighted by Gasteiger charge is -2.35. The van der Waals surface area contributed by atoms with Gasteiger partial charge in [-0.15, -0.1) is 0 Å². The highest BCUT2D eigenvalue weighted by atomic mass is 16.5. The number of rotatable bonds is 4. The van der Waals surface area contributed by atoms with Gasteiger partial charge in [0, 0.05) is 5.57 Å². The molecule has 0 radical (unpaired) electrons. The van der Waals surface area contributed by atoms with E-state index in [2.05, 4.69) is 20.1 Å². The van der Waals surface area contributed by atoms with Crippen LogP contribution in [0.4, 0.5) is 0 Å². The third-order valence-corrected chi connectivity index (χ3v) is 3.73. The first-order valence-electron chi connectivity index (χ1n) is 6.48. The molecule has 0 heterocycles. The molecule has 2 heteroatoms. The van der Waals surface area contributed by atoms with Gasteiger partial charge in [-0.05, 0) is 44.4 Å². The molecule has 0 aliphatic heterocycles. The van der Waals surface area contributed by atoms with Crippen molar-refractivity contribution in [2.75, 3.05) is 6.61 Å². The summed E-state index contributed by atoms with van der Waals surface area (Å²) in [6.45, 7) is 14.5. The molecule has 0 aromatic rings. The molecule has 0 amide bonds. The van der Waals surface area contributed by atoms with Crippen molar-refractivity contribution in [2.24, 2.45) is 17.8 Å². The van der Waals surface area contributed by atoms with E-state index in [-0.39, 0.29) is 11.9 Å². The molecule has 17 heavy (non-hydrogen) atoms. The van der Waals surface area contributed by atoms with Gasteiger partial charge >= 0.3 is 5.97 Å². The third-order valence-electron chi connectivity index (χ3n) is 3.73. The van der Waals surface area contributed by atoms with E-state index in [1.165, 1.54) is 6.42 Å². The molecule has 0 N–H and O–H groups in total. The molecule has 1 aliphatic rings. The first-order chi connectivity index (χ1) is 7.97. The van der Waals surface area contributed by atoms with Crippen molar-refractivity contribution in [3.05, 3.63) is 24.3 Å². The van der Waals surface area contributed by atoms with E-state index in [0.717, 1.165) is 18.4 Å². The zero-order chi connectivity index (χ0) is 13.0. The Balaban J connectivity index is 2.78. The Morgan fingerprint density at radius 2 is 1.94 bits per heavy atom. The SMILES string of the molecule is C=C(C)[C@H]1CC[C@H](C)C[C@@H]1C(=C)C(=O)OCC. The Hall–Kier alpha value is -1.05. The van der Waals surface area contributed by atoms with Crippen LogP contribution in [-0.2, 0) is 9.53 Å². The van der Waals surface area contributed by atoms with Gasteiger partial charge in [0.05, 0.1) is 6.61 Å². The Bertz CT molecular complexity index is 317. The lowest BCUT2D eigenvalue weighted by atomic mass is 9.69. The molecular formula is C15H24O2. The summed E-state index contributed by atoms with van der Waals surface area (Å²) in [5, 5.41) is 0. The maximum absolute atomic E-state index is 11.8. The second-order valence-electron chi connectivity index (χ2n) is 5.22. The third kappa shape index (κ3) is 3.45. The van der Waals surface area contributed by atoms with Crippen molar-refractivity contribution in [1.29, 1.82) is 0 Å². The number of carbonyl (C=O) groups is 1. The predicted molar refractivity (Wildman–Crippen MR) is 70.6 cm³/mol. The lowest BCUT2D eigenvalue weighted by molar-refractivity contribution is -0.139. The molecule has 0 bridgehead atoms. The van der Waals surface area contributed by atoms with Gasteiger partial charge in [0.15, 0.2) is 0 Å². The monoisotopic (exact) mass is 236 g/mol. The molecule has 1 aliphatic carbocycles. The zero-order valence-corrected chi connectivity index (χ0v) is 11.3. The van der Waals surface area contributed by atoms with E-state index in [0.29, 0.717) is 24.0 Å². The average molecular weight is 236 g/mol. The lowest BCUT2D eigenvalue weighted by Crippen LogP contribution is -2.29. The van der Waals surface area contributed by atoms with E-state index >= 15 is 0 Å². The van der Waals surface area contributed by atoms with Crippen LogP contribution in [0.15, 0.2) is 24.3 Å². The van der Waals surface area contributed by atoms with E-state index in [4.69, 9.17) is 4.74 Å². The van der Waals surface area contributed by atoms with Crippen molar-refractivity contribution in [3.63, 3.8) is 0 Å². The summed E-state index contributed by atoms with van der Waals surface area (Å²) in [5.74, 6) is 1.03. The van der Waals surface area contributed by atoms with Crippen LogP contribution >= 0.6 is 0 Å². The summed E-state index contributed by atoms with van der Waals surface area (Å²) in [7, 11) is 0. The van der Waals surface area contributed by atoms with Gasteiger partial charge in [-0.3, -0.25) is 0 Å². The topological polar surface area (TPSA) is 26.3 Å². The molecule has 1 saturated carbocycles. The van der Waals surface area contributed by atoms with Crippen molar-refractivity contribution in [3.8, 4) is 0 Å². The van der Waals surface area contributed by atoms with Crippen LogP contribution in [0.25, 0.3) is 0 Å². The van der Waals surface area contributed by atoms with Crippen LogP contribution in [0, 0.1) is 17.8 Å². The highest BCUT2D eigenvalue weighted by Gasteiger charge is 2.33. The Kier molecular flexibility index (Phi) is 4.98. The summed E-state index contributed by atoms with van der Waals surface area (Å²) >= 11 is 0. The van der Waals surface area contributed by atoms with Crippen molar-refractivity contribution < 1.29 is 9.53 Å². The van der Waals surface area contributed by atoms with Crippen molar-refractivity contribution in [2.45, 2.75) is 40.0 Å². The number of carbonyl (C=O) groups excluding carboxylic acids is 1. The molecule has 0 aromatic carbocycles. The zero-order valence-electron chi connectivity index (χ0n) is 11.3. The molecule has 0 aromatic heterocycles. The molecule has 96 valence electrons. The molecule has 3 atom stereocenters. The van der Waals surface area contributed by atoms with Gasteiger partial charge in [0.1, 0.15) is 0 Å². The van der Waals surface area contributed by atoms with Gasteiger partial charge in [-0.1, -0.05) is 32.1 Å². The molecule has 0 unspecified atom stereocenters. The van der Waals surface area contributed by atoms with E-state index < -0.39 is 0 Å². The second kappa shape index (κ2) is 6.04. The number of hydrogen-bond acceptors (Lipinski definition) is 2. The van der Waals surface area contributed by atoms with Gasteiger partial charge < -0.3 is 4.74 Å². The number of esters is 1. The fourth-order valence-electron chi connectivity index (χ4n) is 2.73. The molecule has 1 rings (SSSR count). The summed E-state index contributed by atoms with van der Waals surface area (Å²) < 4.78 is 5.05. The fraction of sp³-hybridized carbons (Fsp3) is 0.667. The van der Waals surface area contributed by atoms with E-state index in [1.807, 2.05) is 13.8 Å². The normalized spacial score (nSPS) is 28.5. The van der Waals surface area contributed by atoms with Gasteiger partial charge in [-0.2, -0.15) is 0 Å². The summed E-state index contributed by atoms with van der Waals surface area (Å²) in [5.41, 5.74) is 1.79. The van der Waals surface area contributed by atoms with Crippen LogP contribution in [0.2, 0.25) is 0 Å². The van der Waals surface area contributed by atoms with E-state index in [1.54, 1.807) is 0 Å². The highest BCUT2D eigenvalue weighted by Crippen LogP contribution is 2.40. The van der Waals surface area contributed by atoms with Crippen LogP contribution in [0.1, 0.15) is 40.0 Å². The predicted octanol–water partition coefficient (Wildman–Crippen LogP) is 3.73. The average Bonchev–Trinajstić information content (AvgIpc) is 2.27. The summed E-state index contributed by atoms with van der Waals surface area (Å²) in [4.78, 5) is 11.8. The first-order valence-corrected chi connectivity index (χ1v) is 6.48. The minimum atomic E-state index is -0.238. The number of hydrogen-bond donors (Lipinski definition) is 0. The van der Waals surface area contributed by atoms with Crippen LogP contribution in [0.3, 0.4) is 0 Å². The largest absolute Gasteiger partial charge is 0.463 e. The summed E-state index contributed by atoms with van der Waals surface area (Å²) in [6, 6.07) is 0. The van der Waals surface area contributed by atoms with Crippen molar-refractivity contribution in [1.82, 2.24) is 0 Å². The van der Waals surface area contributed by atoms with Crippen molar-refractivity contribution >= 4 is 5.97 Å². The van der Waals surface area contributed by atoms with Crippen LogP contribution in [-0.4, -0.2) is 12.6 Å². The number of ether oxygens (including phenoxy) is 1. The van der Waals surface area contributed by atoms with Crippen LogP contribution < -0.4 is 0 Å². The summed E-state index contributed by atoms with van der Waals surface area (Å²) in [6.07, 6.45) is 3.35. The fourth-order valence-corrected chi connectivity index (χ4v) is 2.73. The maximum atomic E-state index is 11.8. The van der Waals surface area contributed by atoms with Crippen LogP contribution in [0.5, 0.6) is 0 Å². The molecule has 0 saturated heterocycles. The Morgan fingerprint density at radius 3 is 2.47 bits per heavy atom. The standard InChI is InChI=1S/C15H24O2/c1-6-17-15(16)12(5)14-9-11(4)7-8-13(14)10(2)3/h11,13-14H,2,5-9H2,1,3-4H3/t11-,13+,14+/m0/s1. The van der Waals surface area contributed by atoms with Gasteiger partial charge in [-0.25, -0.2) is 4.79 Å². The Labute approximate surface area is 105 Å². The number of allylic oxidation sites excluding steroid dienone is 1. The second-order valence-corrected chi connectivity index (χ2v) is 5.22. The first kappa shape index (κ1) is 14.0. The minimum absolute atomic E-state index is 0.218. The maximum Gasteiger partial charge on any atom is 0.333 e. The molecule has 1 fully saturated rings. The molecular weight excluding hydrogens is 212 g/mol. The van der Waals surface area contributed by atoms with Gasteiger partial charge in [0.2, 0.25) is 0 Å².